The molecule has 9 nitrogen and oxygen atoms in total. The molecule has 1 fully saturated rings. The number of H-pyrrole nitrogens is 2. The number of nitrogens with zero attached hydrogens (tertiary/aromatic N) is 1. The molecule has 1 aliphatic rings. The molecule has 0 aliphatic carbocycles. The minimum absolute atomic E-state index is 0.0217. The van der Waals surface area contributed by atoms with Crippen molar-refractivity contribution in [1.82, 2.24) is 10.2 Å². The second-order valence-electron chi connectivity index (χ2n) is 5.51. The molecule has 0 saturated carbocycles. The lowest BCUT2D eigenvalue weighted by atomic mass is 10.1. The van der Waals surface area contributed by atoms with Gasteiger partial charge in [0.2, 0.25) is 15.9 Å². The first-order valence-electron chi connectivity index (χ1n) is 6.81. The van der Waals surface area contributed by atoms with Crippen LogP contribution in [0.4, 0.5) is 5.69 Å². The molecule has 122 valence electrons. The number of rotatable bonds is 3. The number of nitrogens with two attached hydrogens (primary N) is 1. The van der Waals surface area contributed by atoms with Crippen LogP contribution in [0.5, 0.6) is 0 Å². The maximum absolute atomic E-state index is 12.2. The third kappa shape index (κ3) is 2.90. The van der Waals surface area contributed by atoms with Crippen LogP contribution in [0.1, 0.15) is 6.42 Å². The van der Waals surface area contributed by atoms with Gasteiger partial charge in [0.1, 0.15) is 0 Å². The number of nitrogens with one attached hydrogen (secondary N) is 2. The first kappa shape index (κ1) is 15.4. The highest BCUT2D eigenvalue weighted by molar-refractivity contribution is 7.89. The van der Waals surface area contributed by atoms with E-state index in [1.165, 1.54) is 11.0 Å². The lowest BCUT2D eigenvalue weighted by Gasteiger charge is -2.18. The van der Waals surface area contributed by atoms with Gasteiger partial charge in [0.25, 0.3) is 11.1 Å². The Bertz CT molecular complexity index is 1010. The zero-order valence-electron chi connectivity index (χ0n) is 11.9. The predicted molar refractivity (Wildman–Crippen MR) is 83.6 cm³/mol. The van der Waals surface area contributed by atoms with Gasteiger partial charge in [-0.2, -0.15) is 0 Å². The Hall–Kier alpha value is -2.46. The summed E-state index contributed by atoms with van der Waals surface area (Å²) in [4.78, 5) is 37.4. The van der Waals surface area contributed by atoms with E-state index in [1.54, 1.807) is 12.1 Å². The summed E-state index contributed by atoms with van der Waals surface area (Å²) in [5.41, 5.74) is -0.719. The molecular weight excluding hydrogens is 324 g/mol. The number of sulfonamides is 1. The van der Waals surface area contributed by atoms with Crippen LogP contribution < -0.4 is 21.2 Å². The molecule has 1 amide bonds. The number of carbonyl (C=O) groups is 1. The zero-order valence-corrected chi connectivity index (χ0v) is 12.7. The Morgan fingerprint density at radius 2 is 1.87 bits per heavy atom. The Morgan fingerprint density at radius 1 is 1.17 bits per heavy atom. The molecule has 2 heterocycles. The van der Waals surface area contributed by atoms with Crippen molar-refractivity contribution in [1.29, 1.82) is 0 Å². The Kier molecular flexibility index (Phi) is 3.57. The maximum Gasteiger partial charge on any atom is 0.272 e. The summed E-state index contributed by atoms with van der Waals surface area (Å²) >= 11 is 0. The highest BCUT2D eigenvalue weighted by atomic mass is 32.2. The molecule has 2 aromatic rings. The fourth-order valence-electron chi connectivity index (χ4n) is 2.89. The normalized spacial score (nSPS) is 18.7. The Labute approximate surface area is 130 Å². The molecular formula is C13H14N4O5S. The molecule has 4 N–H and O–H groups in total. The summed E-state index contributed by atoms with van der Waals surface area (Å²) in [5, 5.41) is 9.72. The highest BCUT2D eigenvalue weighted by Gasteiger charge is 2.34. The lowest BCUT2D eigenvalue weighted by Crippen LogP contribution is -2.29. The summed E-state index contributed by atoms with van der Waals surface area (Å²) < 4.78 is 22.4. The Morgan fingerprint density at radius 3 is 2.57 bits per heavy atom. The summed E-state index contributed by atoms with van der Waals surface area (Å²) in [6.07, 6.45) is 0.0217. The Balaban J connectivity index is 2.08. The van der Waals surface area contributed by atoms with Gasteiger partial charge >= 0.3 is 0 Å². The molecule has 1 aromatic heterocycles. The van der Waals surface area contributed by atoms with E-state index in [0.29, 0.717) is 0 Å². The van der Waals surface area contributed by atoms with Crippen LogP contribution in [0.15, 0.2) is 27.8 Å². The van der Waals surface area contributed by atoms with Crippen molar-refractivity contribution in [2.24, 2.45) is 11.1 Å². The average molecular weight is 338 g/mol. The van der Waals surface area contributed by atoms with Crippen LogP contribution in [0.3, 0.4) is 0 Å². The van der Waals surface area contributed by atoms with Gasteiger partial charge in [0.15, 0.2) is 0 Å². The molecule has 23 heavy (non-hydrogen) atoms. The number of hydrogen-bond donors (Lipinski definition) is 3. The van der Waals surface area contributed by atoms with Gasteiger partial charge in [0, 0.05) is 18.9 Å². The minimum Gasteiger partial charge on any atom is -0.311 e. The van der Waals surface area contributed by atoms with E-state index in [4.69, 9.17) is 5.14 Å². The molecule has 3 rings (SSSR count). The van der Waals surface area contributed by atoms with Gasteiger partial charge in [-0.15, -0.1) is 0 Å². The van der Waals surface area contributed by atoms with Crippen molar-refractivity contribution in [3.05, 3.63) is 38.9 Å². The quantitative estimate of drug-likeness (QED) is 0.647. The molecule has 0 radical (unpaired) electrons. The van der Waals surface area contributed by atoms with Crippen molar-refractivity contribution in [2.75, 3.05) is 17.2 Å². The van der Waals surface area contributed by atoms with E-state index >= 15 is 0 Å². The smallest absolute Gasteiger partial charge is 0.272 e. The molecule has 1 aliphatic heterocycles. The van der Waals surface area contributed by atoms with Crippen LogP contribution in [0.25, 0.3) is 10.8 Å². The zero-order chi connectivity index (χ0) is 16.8. The highest BCUT2D eigenvalue weighted by Crippen LogP contribution is 2.29. The molecule has 1 saturated heterocycles. The molecule has 1 aromatic carbocycles. The van der Waals surface area contributed by atoms with Crippen LogP contribution in [0, 0.1) is 5.92 Å². The number of benzene rings is 1. The topological polar surface area (TPSA) is 146 Å². The monoisotopic (exact) mass is 338 g/mol. The van der Waals surface area contributed by atoms with Crippen molar-refractivity contribution in [2.45, 2.75) is 6.42 Å². The number of anilines is 1. The maximum atomic E-state index is 12.2. The number of amides is 1. The van der Waals surface area contributed by atoms with Gasteiger partial charge in [0.05, 0.1) is 22.2 Å². The summed E-state index contributed by atoms with van der Waals surface area (Å²) in [6, 6.07) is 4.59. The van der Waals surface area contributed by atoms with Gasteiger partial charge in [-0.05, 0) is 12.1 Å². The number of aromatic amines is 2. The minimum atomic E-state index is -3.70. The van der Waals surface area contributed by atoms with E-state index in [1.807, 2.05) is 0 Å². The number of fused-ring (bicyclic) bond motifs is 1. The molecule has 1 atom stereocenters. The van der Waals surface area contributed by atoms with Gasteiger partial charge < -0.3 is 4.90 Å². The largest absolute Gasteiger partial charge is 0.311 e. The van der Waals surface area contributed by atoms with Crippen molar-refractivity contribution < 1.29 is 13.2 Å². The third-order valence-corrected chi connectivity index (χ3v) is 4.70. The fourth-order valence-corrected chi connectivity index (χ4v) is 3.77. The van der Waals surface area contributed by atoms with Crippen molar-refractivity contribution in [3.8, 4) is 0 Å². The SMILES string of the molecule is NS(=O)(=O)CC1CC(=O)N(c2cccc3c(=O)[nH][nH]c(=O)c23)C1. The van der Waals surface area contributed by atoms with Crippen molar-refractivity contribution in [3.63, 3.8) is 0 Å². The summed E-state index contributed by atoms with van der Waals surface area (Å²) in [5.74, 6) is -1.07. The predicted octanol–water partition coefficient (Wildman–Crippen LogP) is -1.14. The molecule has 0 spiro atoms. The number of primary sulfonamides is 1. The van der Waals surface area contributed by atoms with E-state index in [-0.39, 0.29) is 41.1 Å². The van der Waals surface area contributed by atoms with Crippen molar-refractivity contribution >= 4 is 32.4 Å². The van der Waals surface area contributed by atoms with E-state index < -0.39 is 27.1 Å². The lowest BCUT2D eigenvalue weighted by molar-refractivity contribution is -0.117. The third-order valence-electron chi connectivity index (χ3n) is 3.77. The van der Waals surface area contributed by atoms with E-state index in [0.717, 1.165) is 0 Å². The summed E-state index contributed by atoms with van der Waals surface area (Å²) in [7, 11) is -3.70. The van der Waals surface area contributed by atoms with Gasteiger partial charge in [-0.3, -0.25) is 24.6 Å². The first-order valence-corrected chi connectivity index (χ1v) is 8.52. The number of carbonyl (C=O) groups excluding carboxylic acids is 1. The molecule has 0 bridgehead atoms. The number of aromatic nitrogens is 2. The second kappa shape index (κ2) is 5.32. The summed E-state index contributed by atoms with van der Waals surface area (Å²) in [6.45, 7) is 0.126. The second-order valence-corrected chi connectivity index (χ2v) is 7.17. The fraction of sp³-hybridized carbons (Fsp3) is 0.308. The van der Waals surface area contributed by atoms with Gasteiger partial charge in [-0.25, -0.2) is 13.6 Å². The van der Waals surface area contributed by atoms with Crippen LogP contribution in [0.2, 0.25) is 0 Å². The first-order chi connectivity index (χ1) is 10.8. The number of hydrogen-bond acceptors (Lipinski definition) is 5. The van der Waals surface area contributed by atoms with Crippen LogP contribution in [-0.2, 0) is 14.8 Å². The molecule has 10 heteroatoms. The molecule has 1 unspecified atom stereocenters. The van der Waals surface area contributed by atoms with E-state index in [9.17, 15) is 22.8 Å². The average Bonchev–Trinajstić information content (AvgIpc) is 2.81. The van der Waals surface area contributed by atoms with Gasteiger partial charge in [-0.1, -0.05) is 6.07 Å². The standard InChI is InChI=1S/C13H14N4O5S/c14-23(21,22)6-7-4-10(18)17(5-7)9-3-1-2-8-11(9)13(20)16-15-12(8)19/h1-3,7H,4-6H2,(H,15,19)(H,16,20)(H2,14,21,22). The van der Waals surface area contributed by atoms with Crippen LogP contribution >= 0.6 is 0 Å². The van der Waals surface area contributed by atoms with Crippen LogP contribution in [-0.4, -0.2) is 36.8 Å². The van der Waals surface area contributed by atoms with E-state index in [2.05, 4.69) is 10.2 Å².